The largest absolute Gasteiger partial charge is 0.325 e. The predicted octanol–water partition coefficient (Wildman–Crippen LogP) is 1.57. The van der Waals surface area contributed by atoms with Crippen LogP contribution in [0.2, 0.25) is 0 Å². The molecule has 0 fully saturated rings. The van der Waals surface area contributed by atoms with E-state index in [2.05, 4.69) is 11.1 Å². The smallest absolute Gasteiger partial charge is 0.0991 e. The fourth-order valence-corrected chi connectivity index (χ4v) is 1.35. The van der Waals surface area contributed by atoms with Gasteiger partial charge in [0, 0.05) is 11.9 Å². The molecule has 0 spiro atoms. The highest BCUT2D eigenvalue weighted by Gasteiger charge is 1.98. The zero-order valence-electron chi connectivity index (χ0n) is 7.57. The number of benzene rings is 1. The highest BCUT2D eigenvalue weighted by atomic mass is 14.7. The number of hydrogen-bond acceptors (Lipinski definition) is 3. The normalized spacial score (nSPS) is 10.0. The molecule has 0 bridgehead atoms. The number of pyridine rings is 1. The van der Waals surface area contributed by atoms with Crippen LogP contribution in [0, 0.1) is 11.3 Å². The van der Waals surface area contributed by atoms with Crippen molar-refractivity contribution in [2.45, 2.75) is 6.54 Å². The number of rotatable bonds is 1. The van der Waals surface area contributed by atoms with Crippen LogP contribution < -0.4 is 5.73 Å². The van der Waals surface area contributed by atoms with E-state index in [0.29, 0.717) is 12.1 Å². The average molecular weight is 183 g/mol. The number of nitrogens with two attached hydrogens (primary N) is 1. The first kappa shape index (κ1) is 8.67. The van der Waals surface area contributed by atoms with Crippen LogP contribution in [0.15, 0.2) is 30.3 Å². The van der Waals surface area contributed by atoms with Gasteiger partial charge in [0.15, 0.2) is 0 Å². The van der Waals surface area contributed by atoms with Crippen LogP contribution in [0.5, 0.6) is 0 Å². The van der Waals surface area contributed by atoms with Crippen LogP contribution in [0.1, 0.15) is 11.3 Å². The lowest BCUT2D eigenvalue weighted by Gasteiger charge is -2.00. The van der Waals surface area contributed by atoms with Crippen LogP contribution in [0.3, 0.4) is 0 Å². The minimum atomic E-state index is 0.440. The highest BCUT2D eigenvalue weighted by Crippen LogP contribution is 2.14. The summed E-state index contributed by atoms with van der Waals surface area (Å²) in [4.78, 5) is 4.33. The number of hydrogen-bond donors (Lipinski definition) is 1. The highest BCUT2D eigenvalue weighted by molar-refractivity contribution is 5.80. The molecule has 3 heteroatoms. The van der Waals surface area contributed by atoms with Gasteiger partial charge in [0.1, 0.15) is 0 Å². The molecule has 0 atom stereocenters. The lowest BCUT2D eigenvalue weighted by molar-refractivity contribution is 1.01. The number of aromatic nitrogens is 1. The van der Waals surface area contributed by atoms with Crippen molar-refractivity contribution in [3.05, 3.63) is 41.6 Å². The van der Waals surface area contributed by atoms with Crippen LogP contribution >= 0.6 is 0 Å². The Kier molecular flexibility index (Phi) is 2.13. The Morgan fingerprint density at radius 3 is 2.86 bits per heavy atom. The summed E-state index contributed by atoms with van der Waals surface area (Å²) in [6.45, 7) is 0.440. The summed E-state index contributed by atoms with van der Waals surface area (Å²) in [6, 6.07) is 11.3. The molecule has 3 nitrogen and oxygen atoms in total. The summed E-state index contributed by atoms with van der Waals surface area (Å²) >= 11 is 0. The molecule has 68 valence electrons. The van der Waals surface area contributed by atoms with Crippen LogP contribution in [0.4, 0.5) is 0 Å². The molecule has 0 unspecified atom stereocenters. The van der Waals surface area contributed by atoms with Crippen molar-refractivity contribution in [2.24, 2.45) is 5.73 Å². The minimum absolute atomic E-state index is 0.440. The Bertz CT molecular complexity index is 511. The Balaban J connectivity index is 2.64. The second-order valence-corrected chi connectivity index (χ2v) is 3.03. The molecule has 0 aliphatic heterocycles. The maximum atomic E-state index is 8.71. The third kappa shape index (κ3) is 1.43. The Morgan fingerprint density at radius 2 is 2.14 bits per heavy atom. The van der Waals surface area contributed by atoms with Gasteiger partial charge in [0.05, 0.1) is 22.8 Å². The Morgan fingerprint density at radius 1 is 1.29 bits per heavy atom. The van der Waals surface area contributed by atoms with Crippen molar-refractivity contribution in [3.63, 3.8) is 0 Å². The van der Waals surface area contributed by atoms with Crippen molar-refractivity contribution in [2.75, 3.05) is 0 Å². The Hall–Kier alpha value is -1.92. The van der Waals surface area contributed by atoms with E-state index in [9.17, 15) is 0 Å². The molecular weight excluding hydrogens is 174 g/mol. The topological polar surface area (TPSA) is 62.7 Å². The quantitative estimate of drug-likeness (QED) is 0.729. The van der Waals surface area contributed by atoms with Gasteiger partial charge in [-0.2, -0.15) is 5.26 Å². The summed E-state index contributed by atoms with van der Waals surface area (Å²) in [5.74, 6) is 0. The Labute approximate surface area is 81.8 Å². The number of nitriles is 1. The van der Waals surface area contributed by atoms with Crippen molar-refractivity contribution in [1.29, 1.82) is 5.26 Å². The van der Waals surface area contributed by atoms with Gasteiger partial charge >= 0.3 is 0 Å². The third-order valence-electron chi connectivity index (χ3n) is 2.09. The summed E-state index contributed by atoms with van der Waals surface area (Å²) < 4.78 is 0. The molecule has 1 heterocycles. The molecule has 1 aromatic heterocycles. The van der Waals surface area contributed by atoms with Crippen LogP contribution in [-0.4, -0.2) is 4.98 Å². The molecule has 2 N–H and O–H groups in total. The second kappa shape index (κ2) is 3.44. The molecule has 0 saturated carbocycles. The SMILES string of the molecule is N#Cc1ccc2nc(CN)ccc2c1. The van der Waals surface area contributed by atoms with Gasteiger partial charge in [0.25, 0.3) is 0 Å². The number of fused-ring (bicyclic) bond motifs is 1. The predicted molar refractivity (Wildman–Crippen MR) is 54.3 cm³/mol. The van der Waals surface area contributed by atoms with Gasteiger partial charge in [-0.05, 0) is 24.3 Å². The standard InChI is InChI=1S/C11H9N3/c12-6-8-1-4-11-9(5-8)2-3-10(7-13)14-11/h1-5H,7,13H2. The second-order valence-electron chi connectivity index (χ2n) is 3.03. The zero-order valence-corrected chi connectivity index (χ0v) is 7.57. The first-order valence-electron chi connectivity index (χ1n) is 4.33. The van der Waals surface area contributed by atoms with E-state index in [4.69, 9.17) is 11.0 Å². The molecule has 0 amide bonds. The lowest BCUT2D eigenvalue weighted by atomic mass is 10.1. The molecule has 0 aliphatic rings. The molecule has 0 radical (unpaired) electrons. The first-order valence-corrected chi connectivity index (χ1v) is 4.33. The lowest BCUT2D eigenvalue weighted by Crippen LogP contribution is -1.98. The van der Waals surface area contributed by atoms with E-state index in [-0.39, 0.29) is 0 Å². The third-order valence-corrected chi connectivity index (χ3v) is 2.09. The van der Waals surface area contributed by atoms with E-state index >= 15 is 0 Å². The number of nitrogens with zero attached hydrogens (tertiary/aromatic N) is 2. The summed E-state index contributed by atoms with van der Waals surface area (Å²) in [5, 5.41) is 9.68. The van der Waals surface area contributed by atoms with Crippen molar-refractivity contribution in [1.82, 2.24) is 4.98 Å². The first-order chi connectivity index (χ1) is 6.83. The van der Waals surface area contributed by atoms with Gasteiger partial charge in [-0.1, -0.05) is 6.07 Å². The van der Waals surface area contributed by atoms with Crippen LogP contribution in [0.25, 0.3) is 10.9 Å². The molecule has 2 rings (SSSR count). The van der Waals surface area contributed by atoms with Gasteiger partial charge in [0.2, 0.25) is 0 Å². The summed E-state index contributed by atoms with van der Waals surface area (Å²) in [5.41, 5.74) is 7.88. The summed E-state index contributed by atoms with van der Waals surface area (Å²) in [6.07, 6.45) is 0. The van der Waals surface area contributed by atoms with Gasteiger partial charge in [-0.25, -0.2) is 0 Å². The van der Waals surface area contributed by atoms with E-state index in [1.807, 2.05) is 24.3 Å². The van der Waals surface area contributed by atoms with Gasteiger partial charge < -0.3 is 5.73 Å². The van der Waals surface area contributed by atoms with Crippen molar-refractivity contribution in [3.8, 4) is 6.07 Å². The fraction of sp³-hybridized carbons (Fsp3) is 0.0909. The van der Waals surface area contributed by atoms with E-state index < -0.39 is 0 Å². The van der Waals surface area contributed by atoms with E-state index in [1.165, 1.54) is 0 Å². The molecule has 2 aromatic rings. The maximum Gasteiger partial charge on any atom is 0.0991 e. The van der Waals surface area contributed by atoms with Gasteiger partial charge in [-0.3, -0.25) is 4.98 Å². The average Bonchev–Trinajstić information content (AvgIpc) is 2.27. The molecule has 0 saturated heterocycles. The van der Waals surface area contributed by atoms with Crippen LogP contribution in [-0.2, 0) is 6.54 Å². The zero-order chi connectivity index (χ0) is 9.97. The summed E-state index contributed by atoms with van der Waals surface area (Å²) in [7, 11) is 0. The van der Waals surface area contributed by atoms with E-state index in [0.717, 1.165) is 16.6 Å². The molecular formula is C11H9N3. The molecule has 14 heavy (non-hydrogen) atoms. The van der Waals surface area contributed by atoms with Crippen molar-refractivity contribution >= 4 is 10.9 Å². The van der Waals surface area contributed by atoms with E-state index in [1.54, 1.807) is 6.07 Å². The molecule has 0 aliphatic carbocycles. The van der Waals surface area contributed by atoms with Gasteiger partial charge in [-0.15, -0.1) is 0 Å². The minimum Gasteiger partial charge on any atom is -0.325 e. The maximum absolute atomic E-state index is 8.71. The van der Waals surface area contributed by atoms with Crippen molar-refractivity contribution < 1.29 is 0 Å². The monoisotopic (exact) mass is 183 g/mol. The fourth-order valence-electron chi connectivity index (χ4n) is 1.35. The molecule has 1 aromatic carbocycles.